The molecule has 9 heteroatoms. The third-order valence-corrected chi connectivity index (χ3v) is 7.31. The fourth-order valence-electron chi connectivity index (χ4n) is 2.74. The van der Waals surface area contributed by atoms with Gasteiger partial charge in [-0.3, -0.25) is 4.79 Å². The van der Waals surface area contributed by atoms with E-state index in [0.717, 1.165) is 4.90 Å². The normalized spacial score (nSPS) is 11.5. The average Bonchev–Trinajstić information content (AvgIpc) is 2.68. The van der Waals surface area contributed by atoms with Crippen LogP contribution in [0.3, 0.4) is 0 Å². The van der Waals surface area contributed by atoms with Gasteiger partial charge in [0.2, 0.25) is 15.9 Å². The number of benzene rings is 2. The highest BCUT2D eigenvalue weighted by Crippen LogP contribution is 2.29. The molecule has 0 spiro atoms. The number of nitrogens with one attached hydrogen (secondary N) is 1. The number of amides is 1. The fraction of sp³-hybridized carbons (Fsp3) is 0.350. The highest BCUT2D eigenvalue weighted by molar-refractivity contribution is 8.00. The molecule has 0 atom stereocenters. The van der Waals surface area contributed by atoms with Gasteiger partial charge in [-0.25, -0.2) is 12.8 Å². The number of hydrogen-bond acceptors (Lipinski definition) is 5. The van der Waals surface area contributed by atoms with Crippen molar-refractivity contribution in [1.82, 2.24) is 4.31 Å². The van der Waals surface area contributed by atoms with E-state index in [-0.39, 0.29) is 22.4 Å². The van der Waals surface area contributed by atoms with Crippen molar-refractivity contribution in [3.63, 3.8) is 0 Å². The molecule has 0 aliphatic heterocycles. The van der Waals surface area contributed by atoms with Crippen molar-refractivity contribution >= 4 is 39.1 Å². The number of anilines is 2. The molecule has 0 fully saturated rings. The van der Waals surface area contributed by atoms with Gasteiger partial charge in [-0.15, -0.1) is 11.8 Å². The highest BCUT2D eigenvalue weighted by Gasteiger charge is 2.23. The van der Waals surface area contributed by atoms with Crippen LogP contribution >= 0.6 is 11.8 Å². The number of nitrogens with zero attached hydrogens (tertiary/aromatic N) is 2. The van der Waals surface area contributed by atoms with E-state index in [1.54, 1.807) is 43.0 Å². The predicted molar refractivity (Wildman–Crippen MR) is 117 cm³/mol. The highest BCUT2D eigenvalue weighted by atomic mass is 32.2. The van der Waals surface area contributed by atoms with Crippen molar-refractivity contribution in [3.8, 4) is 0 Å². The number of thioether (sulfide) groups is 1. The van der Waals surface area contributed by atoms with Crippen molar-refractivity contribution < 1.29 is 17.6 Å². The van der Waals surface area contributed by atoms with Crippen LogP contribution in [-0.4, -0.2) is 51.6 Å². The first-order valence-corrected chi connectivity index (χ1v) is 11.6. The zero-order valence-corrected chi connectivity index (χ0v) is 18.6. The van der Waals surface area contributed by atoms with E-state index in [4.69, 9.17) is 0 Å². The van der Waals surface area contributed by atoms with Gasteiger partial charge in [0.15, 0.2) is 0 Å². The molecule has 0 saturated carbocycles. The Labute approximate surface area is 176 Å². The van der Waals surface area contributed by atoms with E-state index in [1.807, 2.05) is 14.1 Å². The third-order valence-electron chi connectivity index (χ3n) is 4.25. The van der Waals surface area contributed by atoms with Gasteiger partial charge in [-0.2, -0.15) is 4.31 Å². The summed E-state index contributed by atoms with van der Waals surface area (Å²) in [7, 11) is -0.00594. The quantitative estimate of drug-likeness (QED) is 0.604. The van der Waals surface area contributed by atoms with E-state index in [9.17, 15) is 17.6 Å². The summed E-state index contributed by atoms with van der Waals surface area (Å²) in [5, 5.41) is 2.80. The van der Waals surface area contributed by atoms with Crippen LogP contribution in [-0.2, 0) is 14.8 Å². The molecule has 0 radical (unpaired) electrons. The van der Waals surface area contributed by atoms with Crippen LogP contribution in [0.25, 0.3) is 0 Å². The molecule has 0 aromatic heterocycles. The molecule has 2 aromatic carbocycles. The molecule has 2 aromatic rings. The van der Waals surface area contributed by atoms with Crippen molar-refractivity contribution in [2.45, 2.75) is 23.6 Å². The average molecular weight is 440 g/mol. The summed E-state index contributed by atoms with van der Waals surface area (Å²) in [5.41, 5.74) is 1.12. The van der Waals surface area contributed by atoms with Crippen LogP contribution in [0.5, 0.6) is 0 Å². The molecule has 2 rings (SSSR count). The van der Waals surface area contributed by atoms with E-state index in [1.165, 1.54) is 34.3 Å². The number of rotatable bonds is 9. The van der Waals surface area contributed by atoms with Gasteiger partial charge in [-0.1, -0.05) is 13.8 Å². The summed E-state index contributed by atoms with van der Waals surface area (Å²) in [4.78, 5) is 15.2. The minimum atomic E-state index is -3.64. The predicted octanol–water partition coefficient (Wildman–Crippen LogP) is 3.65. The topological polar surface area (TPSA) is 69.7 Å². The Bertz CT molecular complexity index is 944. The number of halogens is 1. The summed E-state index contributed by atoms with van der Waals surface area (Å²) in [6, 6.07) is 10.6. The standard InChI is InChI=1S/C20H26FN3O3S2/c1-5-24(6-2)29(26,27)17-11-12-19(23(3)4)18(13-17)22-20(25)14-28-16-9-7-15(21)8-10-16/h7-13H,5-6,14H2,1-4H3,(H,22,25). The van der Waals surface area contributed by atoms with Crippen molar-refractivity contribution in [2.24, 2.45) is 0 Å². The second-order valence-corrected chi connectivity index (χ2v) is 9.44. The smallest absolute Gasteiger partial charge is 0.243 e. The van der Waals surface area contributed by atoms with Crippen molar-refractivity contribution in [3.05, 3.63) is 48.3 Å². The summed E-state index contributed by atoms with van der Waals surface area (Å²) in [5.74, 6) is -0.494. The van der Waals surface area contributed by atoms with Crippen LogP contribution in [0, 0.1) is 5.82 Å². The summed E-state index contributed by atoms with van der Waals surface area (Å²) in [6.07, 6.45) is 0. The molecule has 0 heterocycles. The Morgan fingerprint density at radius 1 is 1.07 bits per heavy atom. The van der Waals surface area contributed by atoms with Crippen LogP contribution in [0.1, 0.15) is 13.8 Å². The molecule has 0 saturated heterocycles. The Morgan fingerprint density at radius 3 is 2.24 bits per heavy atom. The zero-order valence-electron chi connectivity index (χ0n) is 17.0. The van der Waals surface area contributed by atoms with Gasteiger partial charge in [0, 0.05) is 32.1 Å². The molecule has 0 bridgehead atoms. The molecular weight excluding hydrogens is 413 g/mol. The molecule has 0 aliphatic carbocycles. The molecule has 158 valence electrons. The molecule has 0 unspecified atom stereocenters. The fourth-order valence-corrected chi connectivity index (χ4v) is 4.93. The summed E-state index contributed by atoms with van der Waals surface area (Å²) in [6.45, 7) is 4.30. The van der Waals surface area contributed by atoms with Gasteiger partial charge in [0.1, 0.15) is 5.82 Å². The lowest BCUT2D eigenvalue weighted by atomic mass is 10.2. The maximum Gasteiger partial charge on any atom is 0.243 e. The van der Waals surface area contributed by atoms with Crippen LogP contribution < -0.4 is 10.2 Å². The maximum absolute atomic E-state index is 13.0. The Balaban J connectivity index is 2.23. The Morgan fingerprint density at radius 2 is 1.69 bits per heavy atom. The monoisotopic (exact) mass is 439 g/mol. The molecular formula is C20H26FN3O3S2. The number of carbonyl (C=O) groups excluding carboxylic acids is 1. The minimum Gasteiger partial charge on any atom is -0.376 e. The maximum atomic E-state index is 13.0. The van der Waals surface area contributed by atoms with Gasteiger partial charge >= 0.3 is 0 Å². The number of carbonyl (C=O) groups is 1. The van der Waals surface area contributed by atoms with Crippen LogP contribution in [0.2, 0.25) is 0 Å². The third kappa shape index (κ3) is 5.94. The molecule has 1 N–H and O–H groups in total. The van der Waals surface area contributed by atoms with Gasteiger partial charge in [0.25, 0.3) is 0 Å². The molecule has 6 nitrogen and oxygen atoms in total. The largest absolute Gasteiger partial charge is 0.376 e. The first kappa shape index (κ1) is 23.2. The SMILES string of the molecule is CCN(CC)S(=O)(=O)c1ccc(N(C)C)c(NC(=O)CSc2ccc(F)cc2)c1. The molecule has 29 heavy (non-hydrogen) atoms. The Kier molecular flexibility index (Phi) is 8.06. The Hall–Kier alpha value is -2.10. The van der Waals surface area contributed by atoms with Gasteiger partial charge in [-0.05, 0) is 42.5 Å². The van der Waals surface area contributed by atoms with Crippen LogP contribution in [0.15, 0.2) is 52.3 Å². The second kappa shape index (κ2) is 10.1. The number of hydrogen-bond donors (Lipinski definition) is 1. The second-order valence-electron chi connectivity index (χ2n) is 6.45. The first-order chi connectivity index (χ1) is 13.7. The molecule has 1 amide bonds. The molecule has 0 aliphatic rings. The first-order valence-electron chi connectivity index (χ1n) is 9.18. The lowest BCUT2D eigenvalue weighted by Gasteiger charge is -2.22. The van der Waals surface area contributed by atoms with Gasteiger partial charge < -0.3 is 10.2 Å². The number of sulfonamides is 1. The van der Waals surface area contributed by atoms with Crippen molar-refractivity contribution in [1.29, 1.82) is 0 Å². The van der Waals surface area contributed by atoms with Gasteiger partial charge in [0.05, 0.1) is 22.0 Å². The van der Waals surface area contributed by atoms with E-state index in [2.05, 4.69) is 5.32 Å². The van der Waals surface area contributed by atoms with E-state index >= 15 is 0 Å². The summed E-state index contributed by atoms with van der Waals surface area (Å²) >= 11 is 1.27. The lowest BCUT2D eigenvalue weighted by Crippen LogP contribution is -2.30. The van der Waals surface area contributed by atoms with E-state index in [0.29, 0.717) is 24.5 Å². The minimum absolute atomic E-state index is 0.117. The van der Waals surface area contributed by atoms with E-state index < -0.39 is 10.0 Å². The lowest BCUT2D eigenvalue weighted by molar-refractivity contribution is -0.113. The van der Waals surface area contributed by atoms with Crippen molar-refractivity contribution in [2.75, 3.05) is 43.2 Å². The summed E-state index contributed by atoms with van der Waals surface area (Å²) < 4.78 is 40.0. The van der Waals surface area contributed by atoms with Crippen LogP contribution in [0.4, 0.5) is 15.8 Å². The zero-order chi connectivity index (χ0) is 21.6.